The number of rotatable bonds is 5. The molecule has 21 heavy (non-hydrogen) atoms. The van der Waals surface area contributed by atoms with E-state index >= 15 is 0 Å². The van der Waals surface area contributed by atoms with E-state index in [1.165, 1.54) is 17.0 Å². The van der Waals surface area contributed by atoms with Crippen molar-refractivity contribution in [2.45, 2.75) is 25.2 Å². The largest absolute Gasteiger partial charge is 0.352 e. The molecule has 0 unspecified atom stereocenters. The molecule has 0 saturated carbocycles. The van der Waals surface area contributed by atoms with Crippen molar-refractivity contribution in [2.24, 2.45) is 7.05 Å². The number of aromatic nitrogens is 1. The Kier molecular flexibility index (Phi) is 4.91. The summed E-state index contributed by atoms with van der Waals surface area (Å²) in [5.74, 6) is 0. The van der Waals surface area contributed by atoms with Gasteiger partial charge >= 0.3 is 0 Å². The Morgan fingerprint density at radius 2 is 1.81 bits per heavy atom. The van der Waals surface area contributed by atoms with Gasteiger partial charge in [-0.15, -0.1) is 0 Å². The molecule has 2 rings (SSSR count). The number of nitrogens with one attached hydrogen (secondary N) is 1. The third kappa shape index (κ3) is 3.75. The monoisotopic (exact) mass is 370 g/mol. The minimum atomic E-state index is -3.44. The van der Waals surface area contributed by atoms with Crippen LogP contribution in [0.5, 0.6) is 0 Å². The molecule has 0 radical (unpaired) electrons. The standard InChI is InChI=1S/C15H19BrN2O2S/c1-11-10-13(12(2)18(11)3)8-9-17-21(19,20)15-6-4-14(16)5-7-15/h4-7,10,17H,8-9H2,1-3H3. The molecule has 2 aromatic rings. The lowest BCUT2D eigenvalue weighted by molar-refractivity contribution is 0.581. The van der Waals surface area contributed by atoms with E-state index in [-0.39, 0.29) is 4.90 Å². The predicted octanol–water partition coefficient (Wildman–Crippen LogP) is 2.93. The van der Waals surface area contributed by atoms with Crippen LogP contribution in [-0.2, 0) is 23.5 Å². The van der Waals surface area contributed by atoms with Crippen molar-refractivity contribution in [1.82, 2.24) is 9.29 Å². The quantitative estimate of drug-likeness (QED) is 0.879. The van der Waals surface area contributed by atoms with Gasteiger partial charge in [0, 0.05) is 29.5 Å². The zero-order valence-corrected chi connectivity index (χ0v) is 14.8. The van der Waals surface area contributed by atoms with Crippen LogP contribution in [0.2, 0.25) is 0 Å². The molecule has 0 aliphatic heterocycles. The molecule has 0 aliphatic carbocycles. The maximum Gasteiger partial charge on any atom is 0.240 e. The topological polar surface area (TPSA) is 51.1 Å². The van der Waals surface area contributed by atoms with Crippen molar-refractivity contribution in [3.63, 3.8) is 0 Å². The molecule has 0 amide bonds. The van der Waals surface area contributed by atoms with Crippen LogP contribution in [0.1, 0.15) is 17.0 Å². The molecule has 114 valence electrons. The smallest absolute Gasteiger partial charge is 0.240 e. The molecular formula is C15H19BrN2O2S. The van der Waals surface area contributed by atoms with E-state index in [2.05, 4.69) is 31.3 Å². The number of nitrogens with zero attached hydrogens (tertiary/aromatic N) is 1. The molecule has 1 aromatic carbocycles. The van der Waals surface area contributed by atoms with Gasteiger partial charge in [0.2, 0.25) is 10.0 Å². The molecule has 0 bridgehead atoms. The van der Waals surface area contributed by atoms with E-state index < -0.39 is 10.0 Å². The predicted molar refractivity (Wildman–Crippen MR) is 87.9 cm³/mol. The highest BCUT2D eigenvalue weighted by Gasteiger charge is 2.14. The van der Waals surface area contributed by atoms with Gasteiger partial charge in [-0.25, -0.2) is 13.1 Å². The fraction of sp³-hybridized carbons (Fsp3) is 0.333. The van der Waals surface area contributed by atoms with Crippen LogP contribution >= 0.6 is 15.9 Å². The summed E-state index contributed by atoms with van der Waals surface area (Å²) >= 11 is 3.29. The van der Waals surface area contributed by atoms with E-state index in [1.807, 2.05) is 20.9 Å². The lowest BCUT2D eigenvalue weighted by atomic mass is 10.2. The van der Waals surface area contributed by atoms with E-state index in [0.29, 0.717) is 13.0 Å². The summed E-state index contributed by atoms with van der Waals surface area (Å²) in [6.45, 7) is 4.48. The lowest BCUT2D eigenvalue weighted by Crippen LogP contribution is -2.26. The van der Waals surface area contributed by atoms with Crippen LogP contribution < -0.4 is 4.72 Å². The van der Waals surface area contributed by atoms with Gasteiger partial charge < -0.3 is 4.57 Å². The molecule has 1 aromatic heterocycles. The second-order valence-corrected chi connectivity index (χ2v) is 7.74. The SMILES string of the molecule is Cc1cc(CCNS(=O)(=O)c2ccc(Br)cc2)c(C)n1C. The molecule has 4 nitrogen and oxygen atoms in total. The minimum absolute atomic E-state index is 0.284. The highest BCUT2D eigenvalue weighted by molar-refractivity contribution is 9.10. The Morgan fingerprint density at radius 1 is 1.19 bits per heavy atom. The summed E-state index contributed by atoms with van der Waals surface area (Å²) < 4.78 is 29.9. The Labute approximate surface area is 134 Å². The summed E-state index contributed by atoms with van der Waals surface area (Å²) in [4.78, 5) is 0.284. The Balaban J connectivity index is 2.02. The molecule has 1 heterocycles. The molecular weight excluding hydrogens is 352 g/mol. The third-order valence-electron chi connectivity index (χ3n) is 3.69. The fourth-order valence-corrected chi connectivity index (χ4v) is 3.50. The third-order valence-corrected chi connectivity index (χ3v) is 5.70. The van der Waals surface area contributed by atoms with Gasteiger partial charge in [0.25, 0.3) is 0 Å². The first kappa shape index (κ1) is 16.3. The van der Waals surface area contributed by atoms with Gasteiger partial charge in [-0.05, 0) is 56.2 Å². The van der Waals surface area contributed by atoms with Gasteiger partial charge in [0.1, 0.15) is 0 Å². The van der Waals surface area contributed by atoms with Crippen LogP contribution in [0.25, 0.3) is 0 Å². The molecule has 0 atom stereocenters. The van der Waals surface area contributed by atoms with Crippen molar-refractivity contribution >= 4 is 26.0 Å². The van der Waals surface area contributed by atoms with E-state index in [9.17, 15) is 8.42 Å². The Bertz CT molecular complexity index is 734. The van der Waals surface area contributed by atoms with Crippen molar-refractivity contribution in [3.8, 4) is 0 Å². The van der Waals surface area contributed by atoms with E-state index in [0.717, 1.165) is 4.47 Å². The minimum Gasteiger partial charge on any atom is -0.352 e. The highest BCUT2D eigenvalue weighted by atomic mass is 79.9. The second kappa shape index (κ2) is 6.34. The van der Waals surface area contributed by atoms with E-state index in [4.69, 9.17) is 0 Å². The summed E-state index contributed by atoms with van der Waals surface area (Å²) in [6, 6.07) is 8.72. The summed E-state index contributed by atoms with van der Waals surface area (Å²) in [5.41, 5.74) is 3.53. The molecule has 1 N–H and O–H groups in total. The van der Waals surface area contributed by atoms with Gasteiger partial charge in [-0.2, -0.15) is 0 Å². The zero-order valence-electron chi connectivity index (χ0n) is 12.4. The summed E-state index contributed by atoms with van der Waals surface area (Å²) in [7, 11) is -1.43. The molecule has 0 saturated heterocycles. The van der Waals surface area contributed by atoms with Crippen LogP contribution in [0.4, 0.5) is 0 Å². The number of halogens is 1. The maximum atomic E-state index is 12.2. The van der Waals surface area contributed by atoms with Crippen LogP contribution in [0.3, 0.4) is 0 Å². The zero-order chi connectivity index (χ0) is 15.6. The number of sulfonamides is 1. The molecule has 0 aliphatic rings. The van der Waals surface area contributed by atoms with Crippen molar-refractivity contribution < 1.29 is 8.42 Å². The van der Waals surface area contributed by atoms with Crippen LogP contribution in [0.15, 0.2) is 39.7 Å². The highest BCUT2D eigenvalue weighted by Crippen LogP contribution is 2.16. The number of hydrogen-bond acceptors (Lipinski definition) is 2. The average Bonchev–Trinajstić information content (AvgIpc) is 2.67. The first-order chi connectivity index (χ1) is 9.81. The molecule has 0 fully saturated rings. The van der Waals surface area contributed by atoms with E-state index in [1.54, 1.807) is 24.3 Å². The van der Waals surface area contributed by atoms with Gasteiger partial charge in [0.05, 0.1) is 4.90 Å². The first-order valence-electron chi connectivity index (χ1n) is 6.68. The number of hydrogen-bond donors (Lipinski definition) is 1. The summed E-state index contributed by atoms with van der Waals surface area (Å²) in [6.07, 6.45) is 0.684. The average molecular weight is 371 g/mol. The van der Waals surface area contributed by atoms with Crippen molar-refractivity contribution in [2.75, 3.05) is 6.54 Å². The first-order valence-corrected chi connectivity index (χ1v) is 8.96. The lowest BCUT2D eigenvalue weighted by Gasteiger charge is -2.07. The van der Waals surface area contributed by atoms with Gasteiger partial charge in [-0.3, -0.25) is 0 Å². The normalized spacial score (nSPS) is 11.8. The Hall–Kier alpha value is -1.11. The number of benzene rings is 1. The van der Waals surface area contributed by atoms with Crippen LogP contribution in [-0.4, -0.2) is 19.5 Å². The van der Waals surface area contributed by atoms with Crippen molar-refractivity contribution in [1.29, 1.82) is 0 Å². The van der Waals surface area contributed by atoms with Gasteiger partial charge in [0.15, 0.2) is 0 Å². The second-order valence-electron chi connectivity index (χ2n) is 5.06. The number of aryl methyl sites for hydroxylation is 1. The molecule has 0 spiro atoms. The van der Waals surface area contributed by atoms with Gasteiger partial charge in [-0.1, -0.05) is 15.9 Å². The Morgan fingerprint density at radius 3 is 2.33 bits per heavy atom. The fourth-order valence-electron chi connectivity index (χ4n) is 2.20. The van der Waals surface area contributed by atoms with Crippen LogP contribution in [0, 0.1) is 13.8 Å². The summed E-state index contributed by atoms with van der Waals surface area (Å²) in [5, 5.41) is 0. The molecule has 6 heteroatoms. The van der Waals surface area contributed by atoms with Crippen molar-refractivity contribution in [3.05, 3.63) is 51.8 Å². The maximum absolute atomic E-state index is 12.2.